The summed E-state index contributed by atoms with van der Waals surface area (Å²) in [6.07, 6.45) is 0.622. The molecule has 1 unspecified atom stereocenters. The van der Waals surface area contributed by atoms with E-state index in [0.29, 0.717) is 16.6 Å². The Morgan fingerprint density at radius 3 is 2.68 bits per heavy atom. The standard InChI is InChI=1S/C13H14BrCl2N3/c1-7-9(13(16)19(2)18-7)6-12(17)10-5-8(15)3-4-11(10)14/h3-5,12H,6,17H2,1-2H3. The molecule has 2 rings (SSSR count). The topological polar surface area (TPSA) is 43.8 Å². The van der Waals surface area contributed by atoms with Crippen molar-refractivity contribution in [2.45, 2.75) is 19.4 Å². The van der Waals surface area contributed by atoms with Crippen LogP contribution in [0.1, 0.15) is 22.9 Å². The molecule has 0 saturated carbocycles. The Kier molecular flexibility index (Phi) is 4.56. The Bertz CT molecular complexity index is 610. The first-order valence-electron chi connectivity index (χ1n) is 5.78. The summed E-state index contributed by atoms with van der Waals surface area (Å²) in [4.78, 5) is 0. The van der Waals surface area contributed by atoms with Gasteiger partial charge < -0.3 is 5.73 Å². The number of nitrogens with zero attached hydrogens (tertiary/aromatic N) is 2. The molecule has 0 bridgehead atoms. The third-order valence-corrected chi connectivity index (χ3v) is 4.48. The molecule has 6 heteroatoms. The summed E-state index contributed by atoms with van der Waals surface area (Å²) < 4.78 is 2.61. The lowest BCUT2D eigenvalue weighted by atomic mass is 10.0. The van der Waals surface area contributed by atoms with Crippen LogP contribution in [0.15, 0.2) is 22.7 Å². The van der Waals surface area contributed by atoms with Gasteiger partial charge in [-0.1, -0.05) is 39.1 Å². The highest BCUT2D eigenvalue weighted by Gasteiger charge is 2.17. The van der Waals surface area contributed by atoms with Gasteiger partial charge in [0.25, 0.3) is 0 Å². The number of benzene rings is 1. The van der Waals surface area contributed by atoms with Gasteiger partial charge in [-0.3, -0.25) is 4.68 Å². The van der Waals surface area contributed by atoms with Gasteiger partial charge in [0, 0.05) is 28.1 Å². The summed E-state index contributed by atoms with van der Waals surface area (Å²) >= 11 is 15.7. The van der Waals surface area contributed by atoms with Gasteiger partial charge in [0.2, 0.25) is 0 Å². The van der Waals surface area contributed by atoms with Crippen molar-refractivity contribution in [3.05, 3.63) is 49.7 Å². The van der Waals surface area contributed by atoms with Crippen LogP contribution in [0.4, 0.5) is 0 Å². The van der Waals surface area contributed by atoms with Crippen LogP contribution in [-0.4, -0.2) is 9.78 Å². The Hall–Kier alpha value is -0.550. The summed E-state index contributed by atoms with van der Waals surface area (Å²) in [6.45, 7) is 1.93. The second-order valence-corrected chi connectivity index (χ2v) is 6.10. The minimum atomic E-state index is -0.187. The Morgan fingerprint density at radius 2 is 2.11 bits per heavy atom. The second-order valence-electron chi connectivity index (χ2n) is 4.45. The van der Waals surface area contributed by atoms with E-state index in [0.717, 1.165) is 21.3 Å². The van der Waals surface area contributed by atoms with Gasteiger partial charge >= 0.3 is 0 Å². The lowest BCUT2D eigenvalue weighted by Gasteiger charge is -2.14. The lowest BCUT2D eigenvalue weighted by Crippen LogP contribution is -2.14. The van der Waals surface area contributed by atoms with Crippen molar-refractivity contribution in [2.75, 3.05) is 0 Å². The molecule has 19 heavy (non-hydrogen) atoms. The number of hydrogen-bond donors (Lipinski definition) is 1. The molecule has 1 aromatic heterocycles. The van der Waals surface area contributed by atoms with Gasteiger partial charge in [-0.25, -0.2) is 0 Å². The van der Waals surface area contributed by atoms with Crippen molar-refractivity contribution in [1.82, 2.24) is 9.78 Å². The molecule has 1 heterocycles. The number of hydrogen-bond acceptors (Lipinski definition) is 2. The molecule has 102 valence electrons. The van der Waals surface area contributed by atoms with Crippen molar-refractivity contribution in [3.63, 3.8) is 0 Å². The van der Waals surface area contributed by atoms with E-state index >= 15 is 0 Å². The SMILES string of the molecule is Cc1nn(C)c(Cl)c1CC(N)c1cc(Cl)ccc1Br. The molecule has 0 aliphatic heterocycles. The first-order chi connectivity index (χ1) is 8.90. The number of aryl methyl sites for hydroxylation is 2. The predicted octanol–water partition coefficient (Wildman–Crippen LogP) is 4.04. The second kappa shape index (κ2) is 5.83. The van der Waals surface area contributed by atoms with Crippen LogP contribution in [0, 0.1) is 6.92 Å². The molecule has 2 N–H and O–H groups in total. The zero-order valence-corrected chi connectivity index (χ0v) is 13.7. The van der Waals surface area contributed by atoms with Crippen molar-refractivity contribution in [3.8, 4) is 0 Å². The molecule has 0 amide bonds. The van der Waals surface area contributed by atoms with Gasteiger partial charge in [-0.05, 0) is 37.1 Å². The molecule has 2 aromatic rings. The Morgan fingerprint density at radius 1 is 1.42 bits per heavy atom. The molecule has 3 nitrogen and oxygen atoms in total. The minimum Gasteiger partial charge on any atom is -0.324 e. The maximum Gasteiger partial charge on any atom is 0.130 e. The third kappa shape index (κ3) is 3.14. The summed E-state index contributed by atoms with van der Waals surface area (Å²) in [6, 6.07) is 5.41. The maximum absolute atomic E-state index is 6.26. The fourth-order valence-electron chi connectivity index (χ4n) is 2.03. The minimum absolute atomic E-state index is 0.187. The number of halogens is 3. The molecule has 0 fully saturated rings. The smallest absolute Gasteiger partial charge is 0.130 e. The number of nitrogens with two attached hydrogens (primary N) is 1. The summed E-state index contributed by atoms with van der Waals surface area (Å²) in [7, 11) is 1.82. The third-order valence-electron chi connectivity index (χ3n) is 3.05. The molecule has 0 aliphatic rings. The number of rotatable bonds is 3. The van der Waals surface area contributed by atoms with E-state index in [1.54, 1.807) is 4.68 Å². The van der Waals surface area contributed by atoms with Crippen LogP contribution in [0.3, 0.4) is 0 Å². The van der Waals surface area contributed by atoms with Gasteiger partial charge in [-0.15, -0.1) is 0 Å². The van der Waals surface area contributed by atoms with Crippen LogP contribution in [0.5, 0.6) is 0 Å². The number of aromatic nitrogens is 2. The van der Waals surface area contributed by atoms with Gasteiger partial charge in [0.05, 0.1) is 5.69 Å². The Balaban J connectivity index is 2.30. The highest BCUT2D eigenvalue weighted by atomic mass is 79.9. The Labute approximate surface area is 130 Å². The van der Waals surface area contributed by atoms with Crippen LogP contribution < -0.4 is 5.73 Å². The lowest BCUT2D eigenvalue weighted by molar-refractivity contribution is 0.715. The quantitative estimate of drug-likeness (QED) is 0.895. The average Bonchev–Trinajstić information content (AvgIpc) is 2.59. The van der Waals surface area contributed by atoms with Crippen LogP contribution in [0.2, 0.25) is 10.2 Å². The monoisotopic (exact) mass is 361 g/mol. The van der Waals surface area contributed by atoms with Gasteiger partial charge in [0.15, 0.2) is 0 Å². The van der Waals surface area contributed by atoms with E-state index in [4.69, 9.17) is 28.9 Å². The fraction of sp³-hybridized carbons (Fsp3) is 0.308. The average molecular weight is 363 g/mol. The van der Waals surface area contributed by atoms with Crippen LogP contribution in [0.25, 0.3) is 0 Å². The van der Waals surface area contributed by atoms with E-state index in [1.807, 2.05) is 32.2 Å². The summed E-state index contributed by atoms with van der Waals surface area (Å²) in [5.41, 5.74) is 9.10. The molecule has 0 aliphatic carbocycles. The van der Waals surface area contributed by atoms with E-state index in [2.05, 4.69) is 21.0 Å². The van der Waals surface area contributed by atoms with Gasteiger partial charge in [-0.2, -0.15) is 5.10 Å². The zero-order chi connectivity index (χ0) is 14.2. The highest BCUT2D eigenvalue weighted by molar-refractivity contribution is 9.10. The molecule has 0 radical (unpaired) electrons. The van der Waals surface area contributed by atoms with E-state index in [-0.39, 0.29) is 6.04 Å². The fourth-order valence-corrected chi connectivity index (χ4v) is 3.01. The van der Waals surface area contributed by atoms with Crippen LogP contribution >= 0.6 is 39.1 Å². The largest absolute Gasteiger partial charge is 0.324 e. The summed E-state index contributed by atoms with van der Waals surface area (Å²) in [5.74, 6) is 0. The molecule has 1 aromatic carbocycles. The first-order valence-corrected chi connectivity index (χ1v) is 7.33. The van der Waals surface area contributed by atoms with Crippen molar-refractivity contribution in [2.24, 2.45) is 12.8 Å². The van der Waals surface area contributed by atoms with Crippen molar-refractivity contribution in [1.29, 1.82) is 0 Å². The highest BCUT2D eigenvalue weighted by Crippen LogP contribution is 2.30. The predicted molar refractivity (Wildman–Crippen MR) is 82.7 cm³/mol. The van der Waals surface area contributed by atoms with Crippen molar-refractivity contribution >= 4 is 39.1 Å². The van der Waals surface area contributed by atoms with E-state index < -0.39 is 0 Å². The zero-order valence-electron chi connectivity index (χ0n) is 10.6. The van der Waals surface area contributed by atoms with Gasteiger partial charge in [0.1, 0.15) is 5.15 Å². The van der Waals surface area contributed by atoms with E-state index in [9.17, 15) is 0 Å². The molecule has 1 atom stereocenters. The van der Waals surface area contributed by atoms with Crippen LogP contribution in [-0.2, 0) is 13.5 Å². The summed E-state index contributed by atoms with van der Waals surface area (Å²) in [5, 5.41) is 5.59. The molecule has 0 spiro atoms. The maximum atomic E-state index is 6.26. The first kappa shape index (κ1) is 14.9. The molecular weight excluding hydrogens is 349 g/mol. The normalized spacial score (nSPS) is 12.7. The molecule has 0 saturated heterocycles. The van der Waals surface area contributed by atoms with E-state index in [1.165, 1.54) is 0 Å². The molecular formula is C13H14BrCl2N3. The van der Waals surface area contributed by atoms with Crippen molar-refractivity contribution < 1.29 is 0 Å².